The molecule has 0 saturated heterocycles. The zero-order valence-corrected chi connectivity index (χ0v) is 21.6. The molecule has 4 aliphatic carbocycles. The first-order valence-corrected chi connectivity index (χ1v) is 13.5. The van der Waals surface area contributed by atoms with Crippen molar-refractivity contribution in [1.82, 2.24) is 0 Å². The number of rotatable bonds is 6. The highest BCUT2D eigenvalue weighted by Crippen LogP contribution is 2.72. The predicted molar refractivity (Wildman–Crippen MR) is 130 cm³/mol. The molecule has 7 atom stereocenters. The quantitative estimate of drug-likeness (QED) is 0.332. The van der Waals surface area contributed by atoms with Crippen LogP contribution in [-0.4, -0.2) is 22.3 Å². The molecule has 2 saturated carbocycles. The Balaban J connectivity index is 1.58. The summed E-state index contributed by atoms with van der Waals surface area (Å²) in [5.41, 5.74) is 4.57. The van der Waals surface area contributed by atoms with Crippen LogP contribution in [0.1, 0.15) is 119 Å². The van der Waals surface area contributed by atoms with Gasteiger partial charge in [-0.25, -0.2) is 0 Å². The second-order valence-electron chi connectivity index (χ2n) is 13.4. The maximum absolute atomic E-state index is 10.9. The van der Waals surface area contributed by atoms with E-state index in [1.807, 2.05) is 5.57 Å². The van der Waals surface area contributed by atoms with Crippen molar-refractivity contribution < 1.29 is 15.0 Å². The average molecular weight is 445 g/mol. The maximum Gasteiger partial charge on any atom is 0.303 e. The third-order valence-corrected chi connectivity index (χ3v) is 11.8. The van der Waals surface area contributed by atoms with E-state index >= 15 is 0 Å². The number of fused-ring (bicyclic) bond motifs is 4. The molecular weight excluding hydrogens is 396 g/mol. The van der Waals surface area contributed by atoms with E-state index < -0.39 is 5.97 Å². The number of unbranched alkanes of at least 4 members (excludes halogenated alkanes) is 1. The van der Waals surface area contributed by atoms with Gasteiger partial charge < -0.3 is 10.2 Å². The lowest BCUT2D eigenvalue weighted by Crippen LogP contribution is -2.55. The van der Waals surface area contributed by atoms with E-state index in [1.165, 1.54) is 44.9 Å². The van der Waals surface area contributed by atoms with Crippen LogP contribution in [0, 0.1) is 39.4 Å². The van der Waals surface area contributed by atoms with Crippen LogP contribution < -0.4 is 0 Å². The van der Waals surface area contributed by atoms with Crippen LogP contribution in [0.25, 0.3) is 0 Å². The Kier molecular flexibility index (Phi) is 6.18. The zero-order valence-electron chi connectivity index (χ0n) is 21.6. The number of aliphatic hydroxyl groups is 1. The largest absolute Gasteiger partial charge is 0.481 e. The summed E-state index contributed by atoms with van der Waals surface area (Å²) in [4.78, 5) is 10.9. The summed E-state index contributed by atoms with van der Waals surface area (Å²) in [6.45, 7) is 14.8. The summed E-state index contributed by atoms with van der Waals surface area (Å²) in [5, 5.41) is 19.8. The van der Waals surface area contributed by atoms with E-state index in [1.54, 1.807) is 5.57 Å². The van der Waals surface area contributed by atoms with Gasteiger partial charge in [-0.3, -0.25) is 4.79 Å². The lowest BCUT2D eigenvalue weighted by molar-refractivity contribution is -0.137. The van der Waals surface area contributed by atoms with Crippen molar-refractivity contribution in [2.45, 2.75) is 125 Å². The summed E-state index contributed by atoms with van der Waals surface area (Å²) in [7, 11) is 0. The van der Waals surface area contributed by atoms with Crippen molar-refractivity contribution in [3.05, 3.63) is 11.1 Å². The highest BCUT2D eigenvalue weighted by molar-refractivity contribution is 5.66. The zero-order chi connectivity index (χ0) is 23.5. The summed E-state index contributed by atoms with van der Waals surface area (Å²) < 4.78 is 0. The van der Waals surface area contributed by atoms with Gasteiger partial charge >= 0.3 is 5.97 Å². The van der Waals surface area contributed by atoms with Gasteiger partial charge in [0.1, 0.15) is 0 Å². The maximum atomic E-state index is 10.9. The Bertz CT molecular complexity index is 781. The summed E-state index contributed by atoms with van der Waals surface area (Å²) >= 11 is 0. The van der Waals surface area contributed by atoms with Crippen LogP contribution in [0.2, 0.25) is 0 Å². The van der Waals surface area contributed by atoms with Crippen LogP contribution >= 0.6 is 0 Å². The molecule has 0 spiro atoms. The Morgan fingerprint density at radius 3 is 2.38 bits per heavy atom. The van der Waals surface area contributed by atoms with Crippen molar-refractivity contribution in [2.75, 3.05) is 0 Å². The normalized spacial score (nSPS) is 43.9. The fourth-order valence-corrected chi connectivity index (χ4v) is 9.57. The molecule has 3 heteroatoms. The highest BCUT2D eigenvalue weighted by atomic mass is 16.4. The number of hydrogen-bond donors (Lipinski definition) is 2. The van der Waals surface area contributed by atoms with Crippen LogP contribution in [0.3, 0.4) is 0 Å². The second-order valence-corrected chi connectivity index (χ2v) is 13.4. The van der Waals surface area contributed by atoms with Gasteiger partial charge in [-0.15, -0.1) is 0 Å². The minimum Gasteiger partial charge on any atom is -0.481 e. The van der Waals surface area contributed by atoms with Crippen molar-refractivity contribution in [3.8, 4) is 0 Å². The SMILES string of the molecule is C[C@H](CCCCC(=O)O)[C@H]1CC[C@@]2(C)C3=C(CC[C@]12C)[C@@]1(C)CC[C@H](O)C(C)(C)[C@@H]1CC3. The Labute approximate surface area is 196 Å². The predicted octanol–water partition coefficient (Wildman–Crippen LogP) is 7.38. The molecule has 0 heterocycles. The van der Waals surface area contributed by atoms with Gasteiger partial charge in [0.2, 0.25) is 0 Å². The molecule has 0 unspecified atom stereocenters. The lowest BCUT2D eigenvalue weighted by Gasteiger charge is -2.62. The molecule has 4 aliphatic rings. The first kappa shape index (κ1) is 24.3. The highest BCUT2D eigenvalue weighted by Gasteiger charge is 2.63. The van der Waals surface area contributed by atoms with Crippen molar-refractivity contribution in [2.24, 2.45) is 39.4 Å². The number of carbonyl (C=O) groups is 1. The third kappa shape index (κ3) is 3.43. The molecule has 32 heavy (non-hydrogen) atoms. The van der Waals surface area contributed by atoms with Gasteiger partial charge in [-0.05, 0) is 97.2 Å². The van der Waals surface area contributed by atoms with Gasteiger partial charge in [0, 0.05) is 6.42 Å². The van der Waals surface area contributed by atoms with Gasteiger partial charge in [0.25, 0.3) is 0 Å². The van der Waals surface area contributed by atoms with E-state index in [0.29, 0.717) is 29.1 Å². The van der Waals surface area contributed by atoms with Gasteiger partial charge in [0.05, 0.1) is 6.10 Å². The molecule has 182 valence electrons. The summed E-state index contributed by atoms with van der Waals surface area (Å²) in [6, 6.07) is 0. The van der Waals surface area contributed by atoms with E-state index in [9.17, 15) is 9.90 Å². The fraction of sp³-hybridized carbons (Fsp3) is 0.897. The topological polar surface area (TPSA) is 57.5 Å². The van der Waals surface area contributed by atoms with Crippen LogP contribution in [0.5, 0.6) is 0 Å². The molecule has 0 aromatic carbocycles. The molecular formula is C29H48O3. The standard InChI is InChI=1S/C29H48O3/c1-19(9-7-8-10-25(31)32)20-13-17-29(6)22-11-12-23-26(2,3)24(30)15-16-27(23,4)21(22)14-18-28(20,29)5/h19-20,23-24,30H,7-18H2,1-6H3,(H,31,32)/t19-,20-,23+,24+,27-,28-,29+/m1/s1. The Morgan fingerprint density at radius 2 is 1.69 bits per heavy atom. The summed E-state index contributed by atoms with van der Waals surface area (Å²) in [6.07, 6.45) is 12.9. The van der Waals surface area contributed by atoms with Gasteiger partial charge in [-0.1, -0.05) is 65.5 Å². The minimum absolute atomic E-state index is 0.00978. The van der Waals surface area contributed by atoms with E-state index in [0.717, 1.165) is 31.6 Å². The van der Waals surface area contributed by atoms with Crippen LogP contribution in [0.4, 0.5) is 0 Å². The minimum atomic E-state index is -0.660. The molecule has 0 amide bonds. The van der Waals surface area contributed by atoms with Gasteiger partial charge in [0.15, 0.2) is 0 Å². The smallest absolute Gasteiger partial charge is 0.303 e. The Morgan fingerprint density at radius 1 is 0.969 bits per heavy atom. The molecule has 2 fully saturated rings. The van der Waals surface area contributed by atoms with Crippen molar-refractivity contribution >= 4 is 5.97 Å². The average Bonchev–Trinajstić information content (AvgIpc) is 3.00. The number of aliphatic carboxylic acids is 1. The molecule has 0 radical (unpaired) electrons. The molecule has 4 rings (SSSR count). The van der Waals surface area contributed by atoms with Crippen LogP contribution in [0.15, 0.2) is 11.1 Å². The van der Waals surface area contributed by atoms with E-state index in [2.05, 4.69) is 41.5 Å². The number of carboxylic acids is 1. The molecule has 3 nitrogen and oxygen atoms in total. The number of hydrogen-bond acceptors (Lipinski definition) is 2. The molecule has 0 bridgehead atoms. The van der Waals surface area contributed by atoms with Crippen molar-refractivity contribution in [3.63, 3.8) is 0 Å². The van der Waals surface area contributed by atoms with Crippen LogP contribution in [-0.2, 0) is 4.79 Å². The third-order valence-electron chi connectivity index (χ3n) is 11.8. The number of aliphatic hydroxyl groups excluding tert-OH is 1. The monoisotopic (exact) mass is 444 g/mol. The second kappa shape index (κ2) is 8.14. The molecule has 0 aliphatic heterocycles. The lowest BCUT2D eigenvalue weighted by atomic mass is 9.43. The Hall–Kier alpha value is -0.830. The van der Waals surface area contributed by atoms with Crippen molar-refractivity contribution in [1.29, 1.82) is 0 Å². The first-order chi connectivity index (χ1) is 14.9. The molecule has 2 N–H and O–H groups in total. The van der Waals surface area contributed by atoms with Gasteiger partial charge in [-0.2, -0.15) is 0 Å². The van der Waals surface area contributed by atoms with E-state index in [4.69, 9.17) is 5.11 Å². The summed E-state index contributed by atoms with van der Waals surface area (Å²) in [5.74, 6) is 1.36. The number of carboxylic acid groups (broad SMARTS) is 1. The molecule has 0 aromatic heterocycles. The van der Waals surface area contributed by atoms with E-state index in [-0.39, 0.29) is 16.9 Å². The molecule has 0 aromatic rings. The number of allylic oxidation sites excluding steroid dienone is 2. The fourth-order valence-electron chi connectivity index (χ4n) is 9.57. The first-order valence-electron chi connectivity index (χ1n) is 13.5.